The Morgan fingerprint density at radius 1 is 1.80 bits per heavy atom. The highest BCUT2D eigenvalue weighted by atomic mass is 16.4. The fourth-order valence-electron chi connectivity index (χ4n) is 1.12. The van der Waals surface area contributed by atoms with E-state index in [1.54, 1.807) is 6.08 Å². The third-order valence-electron chi connectivity index (χ3n) is 1.67. The minimum absolute atomic E-state index is 0.424. The Morgan fingerprint density at radius 3 is 2.90 bits per heavy atom. The highest BCUT2D eigenvalue weighted by molar-refractivity contribution is 5.86. The monoisotopic (exact) mass is 140 g/mol. The van der Waals surface area contributed by atoms with Gasteiger partial charge in [-0.15, -0.1) is 0 Å². The van der Waals surface area contributed by atoms with Crippen LogP contribution in [0.1, 0.15) is 12.8 Å². The van der Waals surface area contributed by atoms with Crippen molar-refractivity contribution in [3.05, 3.63) is 11.6 Å². The Hall–Kier alpha value is -1.12. The zero-order chi connectivity index (χ0) is 7.56. The van der Waals surface area contributed by atoms with Gasteiger partial charge in [-0.1, -0.05) is 6.08 Å². The maximum absolute atomic E-state index is 10.4. The molecule has 0 radical (unpaired) electrons. The minimum Gasteiger partial charge on any atom is -0.481 e. The number of carbonyl (C=O) groups excluding carboxylic acids is 1. The Balaban J connectivity index is 2.72. The van der Waals surface area contributed by atoms with Crippen molar-refractivity contribution >= 4 is 12.3 Å². The molecule has 1 rings (SSSR count). The maximum atomic E-state index is 10.4. The Morgan fingerprint density at radius 2 is 2.50 bits per heavy atom. The average Bonchev–Trinajstić information content (AvgIpc) is 2.33. The smallest absolute Gasteiger partial charge is 0.311 e. The molecule has 1 atom stereocenters. The third kappa shape index (κ3) is 1.07. The molecule has 0 heterocycles. The lowest BCUT2D eigenvalue weighted by Gasteiger charge is -2.01. The van der Waals surface area contributed by atoms with Crippen LogP contribution in [-0.2, 0) is 9.59 Å². The highest BCUT2D eigenvalue weighted by Crippen LogP contribution is 2.23. The number of aliphatic carboxylic acids is 1. The van der Waals surface area contributed by atoms with E-state index >= 15 is 0 Å². The zero-order valence-electron chi connectivity index (χ0n) is 5.41. The van der Waals surface area contributed by atoms with Crippen LogP contribution in [-0.4, -0.2) is 17.4 Å². The topological polar surface area (TPSA) is 54.4 Å². The van der Waals surface area contributed by atoms with Crippen molar-refractivity contribution in [1.29, 1.82) is 0 Å². The summed E-state index contributed by atoms with van der Waals surface area (Å²) in [6.45, 7) is 0. The molecule has 10 heavy (non-hydrogen) atoms. The lowest BCUT2D eigenvalue weighted by atomic mass is 10.0. The van der Waals surface area contributed by atoms with Crippen LogP contribution in [0.3, 0.4) is 0 Å². The van der Waals surface area contributed by atoms with Gasteiger partial charge in [0.2, 0.25) is 0 Å². The van der Waals surface area contributed by atoms with Gasteiger partial charge in [0, 0.05) is 5.57 Å². The van der Waals surface area contributed by atoms with Crippen molar-refractivity contribution < 1.29 is 14.7 Å². The summed E-state index contributed by atoms with van der Waals surface area (Å²) in [5, 5.41) is 8.52. The SMILES string of the molecule is O=CC1=CCCC1C(=O)O. The number of hydrogen-bond acceptors (Lipinski definition) is 2. The van der Waals surface area contributed by atoms with Gasteiger partial charge in [0.15, 0.2) is 0 Å². The molecule has 0 fully saturated rings. The number of rotatable bonds is 2. The molecular formula is C7H8O3. The molecule has 0 amide bonds. The Labute approximate surface area is 58.4 Å². The number of carboxylic acid groups (broad SMARTS) is 1. The minimum atomic E-state index is -0.893. The van der Waals surface area contributed by atoms with E-state index in [4.69, 9.17) is 5.11 Å². The van der Waals surface area contributed by atoms with Crippen LogP contribution < -0.4 is 0 Å². The summed E-state index contributed by atoms with van der Waals surface area (Å²) < 4.78 is 0. The van der Waals surface area contributed by atoms with Gasteiger partial charge in [0.05, 0.1) is 5.92 Å². The quantitative estimate of drug-likeness (QED) is 0.571. The summed E-state index contributed by atoms with van der Waals surface area (Å²) >= 11 is 0. The van der Waals surface area contributed by atoms with Gasteiger partial charge in [0.25, 0.3) is 0 Å². The van der Waals surface area contributed by atoms with Crippen LogP contribution in [0.5, 0.6) is 0 Å². The van der Waals surface area contributed by atoms with Crippen LogP contribution in [0, 0.1) is 5.92 Å². The van der Waals surface area contributed by atoms with Gasteiger partial charge in [-0.25, -0.2) is 0 Å². The Bertz CT molecular complexity index is 193. The first kappa shape index (κ1) is 6.99. The molecule has 1 unspecified atom stereocenters. The van der Waals surface area contributed by atoms with Gasteiger partial charge in [-0.3, -0.25) is 9.59 Å². The van der Waals surface area contributed by atoms with Gasteiger partial charge in [-0.05, 0) is 12.8 Å². The first-order valence-corrected chi connectivity index (χ1v) is 3.13. The fourth-order valence-corrected chi connectivity index (χ4v) is 1.12. The molecule has 54 valence electrons. The highest BCUT2D eigenvalue weighted by Gasteiger charge is 2.24. The van der Waals surface area contributed by atoms with Crippen LogP contribution >= 0.6 is 0 Å². The van der Waals surface area contributed by atoms with Gasteiger partial charge in [0.1, 0.15) is 6.29 Å². The van der Waals surface area contributed by atoms with Gasteiger partial charge >= 0.3 is 5.97 Å². The predicted octanol–water partition coefficient (Wildman–Crippen LogP) is 0.606. The van der Waals surface area contributed by atoms with E-state index in [0.717, 1.165) is 0 Å². The van der Waals surface area contributed by atoms with Crippen LogP contribution in [0.25, 0.3) is 0 Å². The summed E-state index contributed by atoms with van der Waals surface area (Å²) in [5.41, 5.74) is 0.424. The van der Waals surface area contributed by atoms with Crippen molar-refractivity contribution in [3.63, 3.8) is 0 Å². The average molecular weight is 140 g/mol. The van der Waals surface area contributed by atoms with E-state index in [2.05, 4.69) is 0 Å². The Kier molecular flexibility index (Phi) is 1.85. The predicted molar refractivity (Wildman–Crippen MR) is 34.5 cm³/mol. The second-order valence-corrected chi connectivity index (χ2v) is 2.29. The summed E-state index contributed by atoms with van der Waals surface area (Å²) in [4.78, 5) is 20.6. The fraction of sp³-hybridized carbons (Fsp3) is 0.429. The van der Waals surface area contributed by atoms with E-state index < -0.39 is 11.9 Å². The van der Waals surface area contributed by atoms with E-state index in [-0.39, 0.29) is 0 Å². The third-order valence-corrected chi connectivity index (χ3v) is 1.67. The molecule has 3 nitrogen and oxygen atoms in total. The molecule has 1 aliphatic carbocycles. The standard InChI is InChI=1S/C7H8O3/c8-4-5-2-1-3-6(5)7(9)10/h2,4,6H,1,3H2,(H,9,10). The van der Waals surface area contributed by atoms with Crippen molar-refractivity contribution in [3.8, 4) is 0 Å². The summed E-state index contributed by atoms with van der Waals surface area (Å²) in [5.74, 6) is -1.44. The van der Waals surface area contributed by atoms with Crippen LogP contribution in [0.4, 0.5) is 0 Å². The van der Waals surface area contributed by atoms with Crippen molar-refractivity contribution in [2.24, 2.45) is 5.92 Å². The molecule has 3 heteroatoms. The second-order valence-electron chi connectivity index (χ2n) is 2.29. The number of aldehydes is 1. The second kappa shape index (κ2) is 2.64. The number of carboxylic acids is 1. The van der Waals surface area contributed by atoms with Gasteiger partial charge in [-0.2, -0.15) is 0 Å². The first-order valence-electron chi connectivity index (χ1n) is 3.13. The molecule has 0 aromatic rings. The molecule has 1 aliphatic rings. The zero-order valence-corrected chi connectivity index (χ0v) is 5.41. The normalized spacial score (nSPS) is 24.0. The number of allylic oxidation sites excluding steroid dienone is 1. The lowest BCUT2D eigenvalue weighted by molar-refractivity contribution is -0.140. The van der Waals surface area contributed by atoms with E-state index in [0.29, 0.717) is 24.7 Å². The van der Waals surface area contributed by atoms with Crippen LogP contribution in [0.2, 0.25) is 0 Å². The number of hydrogen-bond donors (Lipinski definition) is 1. The molecule has 0 saturated carbocycles. The van der Waals surface area contributed by atoms with E-state index in [9.17, 15) is 9.59 Å². The van der Waals surface area contributed by atoms with Crippen molar-refractivity contribution in [2.45, 2.75) is 12.8 Å². The van der Waals surface area contributed by atoms with Crippen molar-refractivity contribution in [2.75, 3.05) is 0 Å². The molecule has 0 spiro atoms. The summed E-state index contributed by atoms with van der Waals surface area (Å²) in [6, 6.07) is 0. The largest absolute Gasteiger partial charge is 0.481 e. The molecule has 0 aliphatic heterocycles. The molecule has 1 N–H and O–H groups in total. The summed E-state index contributed by atoms with van der Waals surface area (Å²) in [6.07, 6.45) is 3.60. The lowest BCUT2D eigenvalue weighted by Crippen LogP contribution is -2.13. The number of carbonyl (C=O) groups is 2. The molecule has 0 aromatic heterocycles. The first-order chi connectivity index (χ1) is 4.75. The van der Waals surface area contributed by atoms with E-state index in [1.165, 1.54) is 0 Å². The molecular weight excluding hydrogens is 132 g/mol. The van der Waals surface area contributed by atoms with Gasteiger partial charge < -0.3 is 5.11 Å². The molecule has 0 bridgehead atoms. The maximum Gasteiger partial charge on any atom is 0.311 e. The van der Waals surface area contributed by atoms with Crippen LogP contribution in [0.15, 0.2) is 11.6 Å². The summed E-state index contributed by atoms with van der Waals surface area (Å²) in [7, 11) is 0. The molecule has 0 aromatic carbocycles. The molecule has 0 saturated heterocycles. The van der Waals surface area contributed by atoms with E-state index in [1.807, 2.05) is 0 Å². The van der Waals surface area contributed by atoms with Crippen molar-refractivity contribution in [1.82, 2.24) is 0 Å².